The summed E-state index contributed by atoms with van der Waals surface area (Å²) in [6, 6.07) is 15.8. The van der Waals surface area contributed by atoms with Crippen LogP contribution in [0.15, 0.2) is 65.4 Å². The van der Waals surface area contributed by atoms with Crippen molar-refractivity contribution in [2.75, 3.05) is 5.73 Å². The Bertz CT molecular complexity index is 971. The van der Waals surface area contributed by atoms with E-state index in [1.165, 1.54) is 0 Å². The number of H-pyrrole nitrogens is 1. The Morgan fingerprint density at radius 2 is 1.79 bits per heavy atom. The summed E-state index contributed by atoms with van der Waals surface area (Å²) in [4.78, 5) is 7.62. The molecule has 4 rings (SSSR count). The van der Waals surface area contributed by atoms with E-state index in [2.05, 4.69) is 15.1 Å². The smallest absolute Gasteiger partial charge is 0.171 e. The Morgan fingerprint density at radius 3 is 2.46 bits per heavy atom. The fraction of sp³-hybridized carbons (Fsp3) is 0.0526. The van der Waals surface area contributed by atoms with Crippen LogP contribution >= 0.6 is 0 Å². The molecule has 118 valence electrons. The van der Waals surface area contributed by atoms with Crippen molar-refractivity contribution in [1.82, 2.24) is 15.1 Å². The predicted octanol–water partition coefficient (Wildman–Crippen LogP) is 4.29. The third-order valence-electron chi connectivity index (χ3n) is 3.93. The minimum absolute atomic E-state index is 0.623. The van der Waals surface area contributed by atoms with Crippen LogP contribution in [0.3, 0.4) is 0 Å². The Morgan fingerprint density at radius 1 is 1.00 bits per heavy atom. The fourth-order valence-corrected chi connectivity index (χ4v) is 2.81. The van der Waals surface area contributed by atoms with Gasteiger partial charge in [0, 0.05) is 24.0 Å². The summed E-state index contributed by atoms with van der Waals surface area (Å²) in [6.07, 6.45) is 3.52. The molecule has 0 atom stereocenters. The molecule has 0 radical (unpaired) electrons. The number of nitrogens with zero attached hydrogens (tertiary/aromatic N) is 2. The molecule has 5 nitrogen and oxygen atoms in total. The maximum absolute atomic E-state index is 6.47. The van der Waals surface area contributed by atoms with E-state index in [4.69, 9.17) is 10.3 Å². The number of anilines is 1. The summed E-state index contributed by atoms with van der Waals surface area (Å²) < 4.78 is 5.48. The van der Waals surface area contributed by atoms with Gasteiger partial charge in [0.05, 0.1) is 28.3 Å². The Balaban J connectivity index is 1.98. The molecule has 0 aliphatic carbocycles. The molecule has 4 aromatic rings. The summed E-state index contributed by atoms with van der Waals surface area (Å²) in [5.41, 5.74) is 12.4. The Hall–Kier alpha value is -3.34. The molecular formula is C19H16N4O. The number of rotatable bonds is 3. The first-order valence-corrected chi connectivity index (χ1v) is 7.65. The van der Waals surface area contributed by atoms with E-state index >= 15 is 0 Å². The molecule has 5 heteroatoms. The van der Waals surface area contributed by atoms with E-state index in [9.17, 15) is 0 Å². The molecule has 0 spiro atoms. The third-order valence-corrected chi connectivity index (χ3v) is 3.93. The molecule has 0 saturated carbocycles. The van der Waals surface area contributed by atoms with Gasteiger partial charge in [0.15, 0.2) is 5.76 Å². The van der Waals surface area contributed by atoms with Gasteiger partial charge in [-0.3, -0.25) is 4.98 Å². The van der Waals surface area contributed by atoms with E-state index in [0.29, 0.717) is 11.4 Å². The van der Waals surface area contributed by atoms with Gasteiger partial charge in [-0.2, -0.15) is 0 Å². The van der Waals surface area contributed by atoms with Gasteiger partial charge in [-0.25, -0.2) is 0 Å². The first-order valence-electron chi connectivity index (χ1n) is 7.65. The highest BCUT2D eigenvalue weighted by Gasteiger charge is 2.22. The second-order valence-corrected chi connectivity index (χ2v) is 5.60. The van der Waals surface area contributed by atoms with E-state index in [1.54, 1.807) is 12.4 Å². The lowest BCUT2D eigenvalue weighted by molar-refractivity contribution is 0.427. The van der Waals surface area contributed by atoms with Crippen molar-refractivity contribution in [3.8, 4) is 33.8 Å². The van der Waals surface area contributed by atoms with E-state index < -0.39 is 0 Å². The topological polar surface area (TPSA) is 80.7 Å². The minimum Gasteiger partial charge on any atom is -0.396 e. The monoisotopic (exact) mass is 316 g/mol. The van der Waals surface area contributed by atoms with Gasteiger partial charge in [0.25, 0.3) is 0 Å². The highest BCUT2D eigenvalue weighted by molar-refractivity contribution is 5.95. The van der Waals surface area contributed by atoms with Crippen molar-refractivity contribution >= 4 is 5.69 Å². The number of nitrogens with two attached hydrogens (primary N) is 1. The van der Waals surface area contributed by atoms with Crippen LogP contribution in [-0.2, 0) is 0 Å². The van der Waals surface area contributed by atoms with Gasteiger partial charge in [-0.05, 0) is 24.6 Å². The molecule has 3 heterocycles. The number of pyridine rings is 1. The second-order valence-electron chi connectivity index (χ2n) is 5.60. The number of nitrogen functional groups attached to an aromatic ring is 1. The lowest BCUT2D eigenvalue weighted by Gasteiger charge is -2.02. The number of aryl methyl sites for hydroxylation is 1. The van der Waals surface area contributed by atoms with Gasteiger partial charge in [-0.15, -0.1) is 0 Å². The predicted molar refractivity (Wildman–Crippen MR) is 94.1 cm³/mol. The third kappa shape index (κ3) is 2.36. The second kappa shape index (κ2) is 5.70. The summed E-state index contributed by atoms with van der Waals surface area (Å²) in [7, 11) is 0. The SMILES string of the molecule is Cc1cc(-c2c(-c3ccccc3)[nH]c(-c3cccnc3)c2N)on1. The van der Waals surface area contributed by atoms with Crippen LogP contribution in [0, 0.1) is 6.92 Å². The molecule has 1 aromatic carbocycles. The van der Waals surface area contributed by atoms with Gasteiger partial charge >= 0.3 is 0 Å². The number of benzene rings is 1. The van der Waals surface area contributed by atoms with Crippen molar-refractivity contribution in [3.05, 3.63) is 66.6 Å². The number of nitrogens with one attached hydrogen (secondary N) is 1. The van der Waals surface area contributed by atoms with Crippen molar-refractivity contribution < 1.29 is 4.52 Å². The lowest BCUT2D eigenvalue weighted by Crippen LogP contribution is -1.89. The van der Waals surface area contributed by atoms with E-state index in [1.807, 2.05) is 55.5 Å². The summed E-state index contributed by atoms with van der Waals surface area (Å²) in [5.74, 6) is 0.648. The number of hydrogen-bond acceptors (Lipinski definition) is 4. The molecule has 0 unspecified atom stereocenters. The van der Waals surface area contributed by atoms with Crippen LogP contribution in [0.5, 0.6) is 0 Å². The van der Waals surface area contributed by atoms with Crippen LogP contribution in [0.25, 0.3) is 33.8 Å². The maximum atomic E-state index is 6.47. The molecule has 0 fully saturated rings. The van der Waals surface area contributed by atoms with Crippen molar-refractivity contribution in [1.29, 1.82) is 0 Å². The number of aromatic amines is 1. The molecule has 24 heavy (non-hydrogen) atoms. The molecule has 0 aliphatic rings. The van der Waals surface area contributed by atoms with Crippen molar-refractivity contribution in [2.24, 2.45) is 0 Å². The largest absolute Gasteiger partial charge is 0.396 e. The molecule has 3 N–H and O–H groups in total. The molecule has 0 amide bonds. The average Bonchev–Trinajstić information content (AvgIpc) is 3.19. The highest BCUT2D eigenvalue weighted by Crippen LogP contribution is 2.42. The summed E-state index contributed by atoms with van der Waals surface area (Å²) in [6.45, 7) is 1.89. The molecular weight excluding hydrogens is 300 g/mol. The zero-order valence-electron chi connectivity index (χ0n) is 13.2. The van der Waals surface area contributed by atoms with Crippen LogP contribution in [0.1, 0.15) is 5.69 Å². The van der Waals surface area contributed by atoms with E-state index in [-0.39, 0.29) is 0 Å². The van der Waals surface area contributed by atoms with Crippen LogP contribution in [0.4, 0.5) is 5.69 Å². The standard InChI is InChI=1S/C19H16N4O/c1-12-10-15(24-23-12)16-17(20)19(14-8-5-9-21-11-14)22-18(16)13-6-3-2-4-7-13/h2-11,22H,20H2,1H3. The highest BCUT2D eigenvalue weighted by atomic mass is 16.5. The van der Waals surface area contributed by atoms with Gasteiger partial charge < -0.3 is 15.2 Å². The summed E-state index contributed by atoms with van der Waals surface area (Å²) in [5, 5.41) is 3.99. The van der Waals surface area contributed by atoms with Crippen molar-refractivity contribution in [3.63, 3.8) is 0 Å². The molecule has 0 saturated heterocycles. The quantitative estimate of drug-likeness (QED) is 0.591. The minimum atomic E-state index is 0.623. The van der Waals surface area contributed by atoms with Gasteiger partial charge in [0.2, 0.25) is 0 Å². The first-order chi connectivity index (χ1) is 11.7. The maximum Gasteiger partial charge on any atom is 0.171 e. The number of hydrogen-bond donors (Lipinski definition) is 2. The molecule has 0 aliphatic heterocycles. The fourth-order valence-electron chi connectivity index (χ4n) is 2.81. The van der Waals surface area contributed by atoms with Gasteiger partial charge in [0.1, 0.15) is 0 Å². The van der Waals surface area contributed by atoms with Gasteiger partial charge in [-0.1, -0.05) is 35.5 Å². The first kappa shape index (κ1) is 14.3. The van der Waals surface area contributed by atoms with Crippen molar-refractivity contribution in [2.45, 2.75) is 6.92 Å². The lowest BCUT2D eigenvalue weighted by atomic mass is 10.0. The van der Waals surface area contributed by atoms with Crippen LogP contribution < -0.4 is 5.73 Å². The zero-order chi connectivity index (χ0) is 16.5. The van der Waals surface area contributed by atoms with Crippen LogP contribution in [0.2, 0.25) is 0 Å². The number of aromatic nitrogens is 3. The van der Waals surface area contributed by atoms with Crippen LogP contribution in [-0.4, -0.2) is 15.1 Å². The Labute approximate surface area is 139 Å². The van der Waals surface area contributed by atoms with E-state index in [0.717, 1.165) is 33.8 Å². The molecule has 3 aromatic heterocycles. The zero-order valence-corrected chi connectivity index (χ0v) is 13.2. The molecule has 0 bridgehead atoms. The average molecular weight is 316 g/mol. The summed E-state index contributed by atoms with van der Waals surface area (Å²) >= 11 is 0. The normalized spacial score (nSPS) is 10.9. The Kier molecular flexibility index (Phi) is 3.39.